The van der Waals surface area contributed by atoms with E-state index in [1.807, 2.05) is 11.4 Å². The summed E-state index contributed by atoms with van der Waals surface area (Å²) in [7, 11) is 0. The Labute approximate surface area is 79.8 Å². The molecule has 0 fully saturated rings. The number of aldehydes is 1. The third kappa shape index (κ3) is 1.15. The zero-order valence-corrected chi connectivity index (χ0v) is 8.55. The first-order valence-corrected chi connectivity index (χ1v) is 5.42. The van der Waals surface area contributed by atoms with Gasteiger partial charge in [0.05, 0.1) is 8.89 Å². The number of thiophene rings is 2. The molecule has 2 aromatic heterocycles. The quantitative estimate of drug-likeness (QED) is 0.704. The predicted molar refractivity (Wildman–Crippen MR) is 52.8 cm³/mol. The molecule has 0 aliphatic rings. The maximum absolute atomic E-state index is 10.4. The molecule has 0 aliphatic heterocycles. The van der Waals surface area contributed by atoms with Crippen molar-refractivity contribution in [3.63, 3.8) is 0 Å². The summed E-state index contributed by atoms with van der Waals surface area (Å²) in [6, 6.07) is 1.91. The molecule has 0 atom stereocenters. The van der Waals surface area contributed by atoms with E-state index in [4.69, 9.17) is 0 Å². The Balaban J connectivity index is 2.79. The molecular weight excluding hydrogens is 244 g/mol. The lowest BCUT2D eigenvalue weighted by atomic mass is 10.4. The van der Waals surface area contributed by atoms with Crippen molar-refractivity contribution in [3.8, 4) is 0 Å². The van der Waals surface area contributed by atoms with Crippen molar-refractivity contribution >= 4 is 54.3 Å². The molecule has 0 aliphatic carbocycles. The molecule has 2 heterocycles. The number of rotatable bonds is 1. The number of fused-ring (bicyclic) bond motifs is 1. The summed E-state index contributed by atoms with van der Waals surface area (Å²) in [5.41, 5.74) is 0. The first-order chi connectivity index (χ1) is 5.31. The monoisotopic (exact) mass is 246 g/mol. The van der Waals surface area contributed by atoms with Crippen molar-refractivity contribution in [3.05, 3.63) is 20.8 Å². The first-order valence-electron chi connectivity index (χ1n) is 2.93. The van der Waals surface area contributed by atoms with Crippen molar-refractivity contribution < 1.29 is 4.79 Å². The number of hydrogen-bond acceptors (Lipinski definition) is 3. The first kappa shape index (κ1) is 7.46. The fraction of sp³-hybridized carbons (Fsp3) is 0. The largest absolute Gasteiger partial charge is 0.297 e. The molecule has 0 unspecified atom stereocenters. The Morgan fingerprint density at radius 3 is 3.00 bits per heavy atom. The Kier molecular flexibility index (Phi) is 1.83. The molecule has 56 valence electrons. The van der Waals surface area contributed by atoms with Crippen molar-refractivity contribution in [2.45, 2.75) is 0 Å². The van der Waals surface area contributed by atoms with Gasteiger partial charge in [-0.25, -0.2) is 0 Å². The fourth-order valence-corrected chi connectivity index (χ4v) is 3.71. The second-order valence-electron chi connectivity index (χ2n) is 2.05. The highest BCUT2D eigenvalue weighted by molar-refractivity contribution is 9.10. The zero-order chi connectivity index (χ0) is 7.84. The van der Waals surface area contributed by atoms with E-state index < -0.39 is 0 Å². The number of carbonyl (C=O) groups excluding carboxylic acids is 1. The van der Waals surface area contributed by atoms with Crippen molar-refractivity contribution in [2.24, 2.45) is 0 Å². The van der Waals surface area contributed by atoms with Crippen LogP contribution in [0.3, 0.4) is 0 Å². The lowest BCUT2D eigenvalue weighted by molar-refractivity contribution is 0.112. The maximum Gasteiger partial charge on any atom is 0.160 e. The highest BCUT2D eigenvalue weighted by atomic mass is 79.9. The minimum Gasteiger partial charge on any atom is -0.297 e. The van der Waals surface area contributed by atoms with Gasteiger partial charge in [0.25, 0.3) is 0 Å². The Morgan fingerprint density at radius 2 is 2.36 bits per heavy atom. The van der Waals surface area contributed by atoms with Crippen LogP contribution in [0.4, 0.5) is 0 Å². The number of carbonyl (C=O) groups is 1. The van der Waals surface area contributed by atoms with Crippen LogP contribution in [0, 0.1) is 0 Å². The molecular formula is C7H3BrOS2. The standard InChI is InChI=1S/C7H3BrOS2/c8-6-3-10-7-5(6)1-4(2-9)11-7/h1-3H. The maximum atomic E-state index is 10.4. The topological polar surface area (TPSA) is 17.1 Å². The van der Waals surface area contributed by atoms with Gasteiger partial charge in [-0.3, -0.25) is 4.79 Å². The van der Waals surface area contributed by atoms with E-state index >= 15 is 0 Å². The molecule has 2 rings (SSSR count). The van der Waals surface area contributed by atoms with Gasteiger partial charge in [0.1, 0.15) is 0 Å². The minimum absolute atomic E-state index is 0.799. The summed E-state index contributed by atoms with van der Waals surface area (Å²) < 4.78 is 2.29. The SMILES string of the molecule is O=Cc1cc2c(Br)csc2s1. The van der Waals surface area contributed by atoms with Crippen LogP contribution in [0.5, 0.6) is 0 Å². The number of hydrogen-bond donors (Lipinski definition) is 0. The second kappa shape index (κ2) is 2.69. The predicted octanol–water partition coefficient (Wildman–Crippen LogP) is 3.54. The summed E-state index contributed by atoms with van der Waals surface area (Å²) >= 11 is 6.61. The molecule has 0 aromatic carbocycles. The summed E-state index contributed by atoms with van der Waals surface area (Å²) in [5.74, 6) is 0. The minimum atomic E-state index is 0.799. The summed E-state index contributed by atoms with van der Waals surface area (Å²) in [4.78, 5) is 11.2. The molecule has 4 heteroatoms. The van der Waals surface area contributed by atoms with Gasteiger partial charge in [0.15, 0.2) is 6.29 Å². The average molecular weight is 247 g/mol. The molecule has 0 saturated heterocycles. The Morgan fingerprint density at radius 1 is 1.55 bits per heavy atom. The van der Waals surface area contributed by atoms with Crippen LogP contribution < -0.4 is 0 Å². The van der Waals surface area contributed by atoms with Crippen molar-refractivity contribution in [2.75, 3.05) is 0 Å². The van der Waals surface area contributed by atoms with Gasteiger partial charge in [-0.1, -0.05) is 0 Å². The Hall–Kier alpha value is -0.190. The van der Waals surface area contributed by atoms with Gasteiger partial charge in [0.2, 0.25) is 0 Å². The molecule has 11 heavy (non-hydrogen) atoms. The van der Waals surface area contributed by atoms with Crippen LogP contribution in [0.2, 0.25) is 0 Å². The lowest BCUT2D eigenvalue weighted by Crippen LogP contribution is -1.63. The molecule has 0 saturated carbocycles. The van der Waals surface area contributed by atoms with Gasteiger partial charge in [0, 0.05) is 15.2 Å². The molecule has 0 radical (unpaired) electrons. The molecule has 0 N–H and O–H groups in total. The van der Waals surface area contributed by atoms with Gasteiger partial charge in [-0.05, 0) is 22.0 Å². The van der Waals surface area contributed by atoms with Gasteiger partial charge < -0.3 is 0 Å². The zero-order valence-electron chi connectivity index (χ0n) is 5.33. The van der Waals surface area contributed by atoms with E-state index in [9.17, 15) is 4.79 Å². The van der Waals surface area contributed by atoms with Crippen molar-refractivity contribution in [1.29, 1.82) is 0 Å². The van der Waals surface area contributed by atoms with E-state index in [1.54, 1.807) is 11.3 Å². The van der Waals surface area contributed by atoms with Crippen LogP contribution in [-0.4, -0.2) is 6.29 Å². The van der Waals surface area contributed by atoms with Crippen molar-refractivity contribution in [1.82, 2.24) is 0 Å². The van der Waals surface area contributed by atoms with E-state index in [2.05, 4.69) is 15.9 Å². The summed E-state index contributed by atoms with van der Waals surface area (Å²) in [6.45, 7) is 0. The smallest absolute Gasteiger partial charge is 0.160 e. The molecule has 0 amide bonds. The highest BCUT2D eigenvalue weighted by Gasteiger charge is 2.05. The molecule has 0 bridgehead atoms. The van der Waals surface area contributed by atoms with Crippen LogP contribution in [0.25, 0.3) is 9.40 Å². The van der Waals surface area contributed by atoms with Crippen LogP contribution >= 0.6 is 38.6 Å². The summed E-state index contributed by atoms with van der Waals surface area (Å²) in [5, 5.41) is 3.19. The second-order valence-corrected chi connectivity index (χ2v) is 5.13. The summed E-state index contributed by atoms with van der Waals surface area (Å²) in [6.07, 6.45) is 0.893. The van der Waals surface area contributed by atoms with E-state index in [0.29, 0.717) is 0 Å². The van der Waals surface area contributed by atoms with Crippen LogP contribution in [0.15, 0.2) is 15.9 Å². The molecule has 0 spiro atoms. The third-order valence-electron chi connectivity index (χ3n) is 1.36. The fourth-order valence-electron chi connectivity index (χ4n) is 0.873. The highest BCUT2D eigenvalue weighted by Crippen LogP contribution is 2.35. The third-order valence-corrected chi connectivity index (χ3v) is 4.50. The van der Waals surface area contributed by atoms with E-state index in [1.165, 1.54) is 15.4 Å². The molecule has 2 aromatic rings. The van der Waals surface area contributed by atoms with Crippen LogP contribution in [0.1, 0.15) is 9.67 Å². The van der Waals surface area contributed by atoms with Gasteiger partial charge in [-0.15, -0.1) is 22.7 Å². The average Bonchev–Trinajstić information content (AvgIpc) is 2.53. The number of halogens is 1. The lowest BCUT2D eigenvalue weighted by Gasteiger charge is -1.75. The van der Waals surface area contributed by atoms with E-state index in [0.717, 1.165) is 21.0 Å². The van der Waals surface area contributed by atoms with E-state index in [-0.39, 0.29) is 0 Å². The van der Waals surface area contributed by atoms with Crippen LogP contribution in [-0.2, 0) is 0 Å². The Bertz CT molecular complexity index is 401. The van der Waals surface area contributed by atoms with Gasteiger partial charge in [-0.2, -0.15) is 0 Å². The van der Waals surface area contributed by atoms with Gasteiger partial charge >= 0.3 is 0 Å². The normalized spacial score (nSPS) is 10.6. The molecule has 1 nitrogen and oxygen atoms in total.